The van der Waals surface area contributed by atoms with Gasteiger partial charge in [-0.2, -0.15) is 23.5 Å². The third-order valence-electron chi connectivity index (χ3n) is 0.961. The molecule has 0 radical (unpaired) electrons. The van der Waals surface area contributed by atoms with Gasteiger partial charge in [0.2, 0.25) is 0 Å². The highest BCUT2D eigenvalue weighted by Crippen LogP contribution is 1.98. The van der Waals surface area contributed by atoms with Crippen LogP contribution >= 0.6 is 23.5 Å². The summed E-state index contributed by atoms with van der Waals surface area (Å²) in [6.07, 6.45) is 1.32. The molecule has 70 valence electrons. The predicted octanol–water partition coefficient (Wildman–Crippen LogP) is 3.91. The van der Waals surface area contributed by atoms with Crippen molar-refractivity contribution in [3.05, 3.63) is 0 Å². The summed E-state index contributed by atoms with van der Waals surface area (Å²) < 4.78 is 0. The van der Waals surface area contributed by atoms with E-state index in [2.05, 4.69) is 27.7 Å². The molecule has 0 spiro atoms. The Labute approximate surface area is 80.9 Å². The van der Waals surface area contributed by atoms with Gasteiger partial charge in [-0.15, -0.1) is 0 Å². The lowest BCUT2D eigenvalue weighted by molar-refractivity contribution is 1.11. The molecule has 0 aliphatic carbocycles. The Morgan fingerprint density at radius 3 is 1.27 bits per heavy atom. The van der Waals surface area contributed by atoms with Crippen molar-refractivity contribution in [2.45, 2.75) is 34.1 Å². The Bertz CT molecular complexity index is 40.8. The van der Waals surface area contributed by atoms with Crippen molar-refractivity contribution in [2.75, 3.05) is 23.0 Å². The molecule has 0 aliphatic rings. The molecule has 0 unspecified atom stereocenters. The second kappa shape index (κ2) is 17.0. The van der Waals surface area contributed by atoms with Crippen molar-refractivity contribution in [1.29, 1.82) is 0 Å². The fraction of sp³-hybridized carbons (Fsp3) is 1.00. The summed E-state index contributed by atoms with van der Waals surface area (Å²) in [5.41, 5.74) is 0. The average Bonchev–Trinajstić information content (AvgIpc) is 2.04. The van der Waals surface area contributed by atoms with Crippen LogP contribution in [0.3, 0.4) is 0 Å². The van der Waals surface area contributed by atoms with Crippen LogP contribution in [0, 0.1) is 0 Å². The van der Waals surface area contributed by atoms with Gasteiger partial charge in [-0.05, 0) is 29.4 Å². The first-order valence-electron chi connectivity index (χ1n) is 4.48. The van der Waals surface area contributed by atoms with E-state index in [0.717, 1.165) is 0 Å². The van der Waals surface area contributed by atoms with E-state index in [1.807, 2.05) is 23.5 Å². The number of hydrogen-bond donors (Lipinski definition) is 0. The molecular formula is C9H22S2. The van der Waals surface area contributed by atoms with Crippen LogP contribution in [0.25, 0.3) is 0 Å². The second-order valence-corrected chi connectivity index (χ2v) is 4.94. The van der Waals surface area contributed by atoms with E-state index in [1.165, 1.54) is 29.4 Å². The van der Waals surface area contributed by atoms with Gasteiger partial charge in [-0.3, -0.25) is 0 Å². The molecule has 11 heavy (non-hydrogen) atoms. The zero-order valence-corrected chi connectivity index (χ0v) is 9.99. The maximum Gasteiger partial charge on any atom is -0.00703 e. The maximum absolute atomic E-state index is 2.21. The third kappa shape index (κ3) is 24.9. The van der Waals surface area contributed by atoms with Crippen LogP contribution in [0.1, 0.15) is 34.1 Å². The number of thioether (sulfide) groups is 2. The number of hydrogen-bond acceptors (Lipinski definition) is 2. The molecule has 0 saturated heterocycles. The summed E-state index contributed by atoms with van der Waals surface area (Å²) in [6, 6.07) is 0. The zero-order valence-electron chi connectivity index (χ0n) is 8.35. The fourth-order valence-corrected chi connectivity index (χ4v) is 1.48. The number of rotatable bonds is 5. The Kier molecular flexibility index (Phi) is 22.0. The summed E-state index contributed by atoms with van der Waals surface area (Å²) in [7, 11) is 0. The van der Waals surface area contributed by atoms with Gasteiger partial charge in [0.1, 0.15) is 0 Å². The average molecular weight is 194 g/mol. The Morgan fingerprint density at radius 1 is 0.727 bits per heavy atom. The lowest BCUT2D eigenvalue weighted by atomic mass is 10.6. The minimum atomic E-state index is 1.26. The van der Waals surface area contributed by atoms with Crippen LogP contribution in [0.2, 0.25) is 0 Å². The third-order valence-corrected chi connectivity index (χ3v) is 2.88. The molecule has 0 amide bonds. The second-order valence-electron chi connectivity index (χ2n) is 1.98. The van der Waals surface area contributed by atoms with Gasteiger partial charge >= 0.3 is 0 Å². The topological polar surface area (TPSA) is 0 Å². The summed E-state index contributed by atoms with van der Waals surface area (Å²) in [5, 5.41) is 0. The molecular weight excluding hydrogens is 172 g/mol. The lowest BCUT2D eigenvalue weighted by Crippen LogP contribution is -1.71. The quantitative estimate of drug-likeness (QED) is 0.609. The van der Waals surface area contributed by atoms with E-state index in [-0.39, 0.29) is 0 Å². The van der Waals surface area contributed by atoms with E-state index in [4.69, 9.17) is 0 Å². The van der Waals surface area contributed by atoms with Gasteiger partial charge in [0.25, 0.3) is 0 Å². The summed E-state index contributed by atoms with van der Waals surface area (Å²) in [5.74, 6) is 5.12. The molecule has 0 fully saturated rings. The molecule has 0 aliphatic heterocycles. The summed E-state index contributed by atoms with van der Waals surface area (Å²) >= 11 is 3.97. The molecule has 2 heteroatoms. The van der Waals surface area contributed by atoms with Crippen LogP contribution < -0.4 is 0 Å². The highest BCUT2D eigenvalue weighted by molar-refractivity contribution is 7.99. The summed E-state index contributed by atoms with van der Waals surface area (Å²) in [4.78, 5) is 0. The molecule has 0 heterocycles. The molecule has 0 atom stereocenters. The van der Waals surface area contributed by atoms with Gasteiger partial charge in [0.15, 0.2) is 0 Å². The van der Waals surface area contributed by atoms with Gasteiger partial charge < -0.3 is 0 Å². The smallest absolute Gasteiger partial charge is 0.00703 e. The summed E-state index contributed by atoms with van der Waals surface area (Å²) in [6.45, 7) is 8.76. The lowest BCUT2D eigenvalue weighted by Gasteiger charge is -1.87. The van der Waals surface area contributed by atoms with Crippen molar-refractivity contribution in [3.63, 3.8) is 0 Å². The first-order chi connectivity index (χ1) is 5.33. The molecule has 0 rings (SSSR count). The highest BCUT2D eigenvalue weighted by Gasteiger charge is 1.74. The normalized spacial score (nSPS) is 8.73. The largest absolute Gasteiger partial charge is 0.163 e. The van der Waals surface area contributed by atoms with Crippen LogP contribution in [0.5, 0.6) is 0 Å². The van der Waals surface area contributed by atoms with E-state index >= 15 is 0 Å². The van der Waals surface area contributed by atoms with E-state index in [0.29, 0.717) is 0 Å². The molecule has 0 aromatic carbocycles. The first-order valence-corrected chi connectivity index (χ1v) is 6.79. The molecule has 0 aromatic rings. The zero-order chi connectivity index (χ0) is 8.95. The Balaban J connectivity index is 0. The van der Waals surface area contributed by atoms with Crippen molar-refractivity contribution in [1.82, 2.24) is 0 Å². The van der Waals surface area contributed by atoms with Gasteiger partial charge in [0.05, 0.1) is 0 Å². The van der Waals surface area contributed by atoms with Crippen LogP contribution in [-0.4, -0.2) is 23.0 Å². The Morgan fingerprint density at radius 2 is 1.18 bits per heavy atom. The molecule has 0 nitrogen and oxygen atoms in total. The first kappa shape index (κ1) is 14.2. The minimum Gasteiger partial charge on any atom is -0.163 e. The van der Waals surface area contributed by atoms with E-state index < -0.39 is 0 Å². The molecule has 0 N–H and O–H groups in total. The van der Waals surface area contributed by atoms with E-state index in [9.17, 15) is 0 Å². The van der Waals surface area contributed by atoms with Gasteiger partial charge in [-0.1, -0.05) is 27.7 Å². The van der Waals surface area contributed by atoms with Crippen molar-refractivity contribution in [3.8, 4) is 0 Å². The minimum absolute atomic E-state index is 1.26. The monoisotopic (exact) mass is 194 g/mol. The predicted molar refractivity (Wildman–Crippen MR) is 62.0 cm³/mol. The SMILES string of the molecule is CCCSCC.CCSCC. The molecule has 0 aromatic heterocycles. The standard InChI is InChI=1S/C5H12S.C4H10S/c1-3-5-6-4-2;1-3-5-4-2/h3-5H2,1-2H3;3-4H2,1-2H3. The van der Waals surface area contributed by atoms with Crippen molar-refractivity contribution in [2.24, 2.45) is 0 Å². The van der Waals surface area contributed by atoms with Crippen molar-refractivity contribution < 1.29 is 0 Å². The van der Waals surface area contributed by atoms with Crippen LogP contribution in [-0.2, 0) is 0 Å². The van der Waals surface area contributed by atoms with Gasteiger partial charge in [-0.25, -0.2) is 0 Å². The highest BCUT2D eigenvalue weighted by atomic mass is 32.2. The van der Waals surface area contributed by atoms with E-state index in [1.54, 1.807) is 0 Å². The maximum atomic E-state index is 2.21. The molecule has 0 bridgehead atoms. The fourth-order valence-electron chi connectivity index (χ4n) is 0.493. The molecule has 0 saturated carbocycles. The van der Waals surface area contributed by atoms with Gasteiger partial charge in [0, 0.05) is 0 Å². The van der Waals surface area contributed by atoms with Crippen molar-refractivity contribution >= 4 is 23.5 Å². The van der Waals surface area contributed by atoms with Crippen LogP contribution in [0.4, 0.5) is 0 Å². The Hall–Kier alpha value is 0.700. The van der Waals surface area contributed by atoms with Crippen LogP contribution in [0.15, 0.2) is 0 Å².